The van der Waals surface area contributed by atoms with E-state index in [1.165, 1.54) is 0 Å². The van der Waals surface area contributed by atoms with E-state index >= 15 is 0 Å². The number of hydrogen-bond acceptors (Lipinski definition) is 3. The summed E-state index contributed by atoms with van der Waals surface area (Å²) >= 11 is 0. The van der Waals surface area contributed by atoms with Crippen molar-refractivity contribution in [2.24, 2.45) is 0 Å². The van der Waals surface area contributed by atoms with Gasteiger partial charge in [0.25, 0.3) is 0 Å². The number of hydrogen-bond donors (Lipinski definition) is 1. The summed E-state index contributed by atoms with van der Waals surface area (Å²) in [6.07, 6.45) is -4.33. The Balaban J connectivity index is 1.95. The Hall–Kier alpha value is -1.11. The van der Waals surface area contributed by atoms with Gasteiger partial charge in [0.1, 0.15) is 0 Å². The molecule has 94 valence electrons. The van der Waals surface area contributed by atoms with E-state index in [-0.39, 0.29) is 6.04 Å². The van der Waals surface area contributed by atoms with Gasteiger partial charge in [-0.15, -0.1) is 0 Å². The average molecular weight is 247 g/mol. The predicted molar refractivity (Wildman–Crippen MR) is 54.0 cm³/mol. The minimum absolute atomic E-state index is 0.300. The second-order valence-electron chi connectivity index (χ2n) is 3.79. The van der Waals surface area contributed by atoms with Crippen LogP contribution in [0.25, 0.3) is 0 Å². The summed E-state index contributed by atoms with van der Waals surface area (Å²) in [5.74, 6) is 0. The third-order valence-electron chi connectivity index (χ3n) is 2.43. The lowest BCUT2D eigenvalue weighted by Gasteiger charge is -2.26. The highest BCUT2D eigenvalue weighted by atomic mass is 19.4. The highest BCUT2D eigenvalue weighted by Crippen LogP contribution is 2.24. The highest BCUT2D eigenvalue weighted by molar-refractivity contribution is 5.30. The molecule has 0 aliphatic carbocycles. The number of alkyl halides is 3. The molecule has 0 saturated carbocycles. The quantitative estimate of drug-likeness (QED) is 0.831. The molecule has 6 heteroatoms. The van der Waals surface area contributed by atoms with Gasteiger partial charge >= 0.3 is 6.18 Å². The van der Waals surface area contributed by atoms with E-state index in [9.17, 15) is 13.2 Å². The van der Waals surface area contributed by atoms with Crippen LogP contribution in [0.4, 0.5) is 13.2 Å². The Morgan fingerprint density at radius 1 is 1.35 bits per heavy atom. The molecule has 3 nitrogen and oxygen atoms in total. The summed E-state index contributed by atoms with van der Waals surface area (Å²) in [7, 11) is 0. The topological polar surface area (TPSA) is 30.5 Å². The first-order chi connectivity index (χ1) is 8.06. The lowest BCUT2D eigenvalue weighted by atomic mass is 10.00. The maximum atomic E-state index is 11.9. The third-order valence-corrected chi connectivity index (χ3v) is 2.43. The van der Waals surface area contributed by atoms with E-state index in [1.54, 1.807) is 0 Å². The second-order valence-corrected chi connectivity index (χ2v) is 3.79. The van der Waals surface area contributed by atoms with Crippen LogP contribution in [0.2, 0.25) is 0 Å². The van der Waals surface area contributed by atoms with E-state index in [1.807, 2.05) is 24.3 Å². The fourth-order valence-corrected chi connectivity index (χ4v) is 1.70. The van der Waals surface area contributed by atoms with E-state index in [0.717, 1.165) is 11.1 Å². The minimum atomic E-state index is -4.33. The van der Waals surface area contributed by atoms with Gasteiger partial charge in [0.05, 0.1) is 19.3 Å². The molecule has 17 heavy (non-hydrogen) atoms. The smallest absolute Gasteiger partial charge is 0.375 e. The fourth-order valence-electron chi connectivity index (χ4n) is 1.70. The minimum Gasteiger partial charge on any atom is -0.375 e. The van der Waals surface area contributed by atoms with Gasteiger partial charge in [0.2, 0.25) is 0 Å². The molecule has 1 heterocycles. The Morgan fingerprint density at radius 3 is 2.88 bits per heavy atom. The van der Waals surface area contributed by atoms with Crippen LogP contribution >= 0.6 is 0 Å². The second kappa shape index (κ2) is 5.03. The normalized spacial score (nSPS) is 20.1. The number of nitrogens with one attached hydrogen (secondary N) is 1. The van der Waals surface area contributed by atoms with Crippen molar-refractivity contribution in [3.63, 3.8) is 0 Å². The van der Waals surface area contributed by atoms with Crippen LogP contribution < -0.4 is 5.48 Å². The van der Waals surface area contributed by atoms with Crippen molar-refractivity contribution >= 4 is 0 Å². The van der Waals surface area contributed by atoms with Gasteiger partial charge in [-0.2, -0.15) is 18.7 Å². The lowest BCUT2D eigenvalue weighted by molar-refractivity contribution is -0.195. The first kappa shape index (κ1) is 12.3. The molecule has 0 aromatic heterocycles. The van der Waals surface area contributed by atoms with Crippen LogP contribution in [-0.4, -0.2) is 19.4 Å². The van der Waals surface area contributed by atoms with Gasteiger partial charge in [-0.25, -0.2) is 0 Å². The molecule has 1 aromatic rings. The first-order valence-corrected chi connectivity index (χ1v) is 5.16. The number of hydroxylamine groups is 1. The van der Waals surface area contributed by atoms with Crippen molar-refractivity contribution in [3.8, 4) is 0 Å². The summed E-state index contributed by atoms with van der Waals surface area (Å²) in [6.45, 7) is -0.534. The number of halogens is 3. The van der Waals surface area contributed by atoms with Gasteiger partial charge in [-0.3, -0.25) is 4.84 Å². The zero-order chi connectivity index (χ0) is 12.3. The molecule has 0 saturated heterocycles. The largest absolute Gasteiger partial charge is 0.413 e. The Bertz CT molecular complexity index is 381. The van der Waals surface area contributed by atoms with Crippen LogP contribution in [0, 0.1) is 0 Å². The van der Waals surface area contributed by atoms with Crippen LogP contribution in [0.1, 0.15) is 17.2 Å². The van der Waals surface area contributed by atoms with Gasteiger partial charge in [0, 0.05) is 0 Å². The molecule has 0 bridgehead atoms. The fraction of sp³-hybridized carbons (Fsp3) is 0.455. The first-order valence-electron chi connectivity index (χ1n) is 5.16. The molecule has 1 unspecified atom stereocenters. The van der Waals surface area contributed by atoms with Crippen LogP contribution in [-0.2, 0) is 16.2 Å². The van der Waals surface area contributed by atoms with Crippen LogP contribution in [0.15, 0.2) is 24.3 Å². The Morgan fingerprint density at radius 2 is 2.12 bits per heavy atom. The molecule has 1 aliphatic rings. The number of rotatable bonds is 3. The number of fused-ring (bicyclic) bond motifs is 1. The van der Waals surface area contributed by atoms with Crippen molar-refractivity contribution in [2.45, 2.75) is 18.8 Å². The van der Waals surface area contributed by atoms with Gasteiger partial charge in [-0.1, -0.05) is 24.3 Å². The van der Waals surface area contributed by atoms with Crippen LogP contribution in [0.5, 0.6) is 0 Å². The standard InChI is InChI=1S/C11H12F3NO2/c12-11(13,14)7-17-15-10-6-16-5-8-3-1-2-4-9(8)10/h1-4,10,15H,5-7H2. The van der Waals surface area contributed by atoms with E-state index in [4.69, 9.17) is 4.74 Å². The van der Waals surface area contributed by atoms with Crippen molar-refractivity contribution in [3.05, 3.63) is 35.4 Å². The summed E-state index contributed by atoms with van der Waals surface area (Å²) < 4.78 is 41.0. The van der Waals surface area contributed by atoms with Gasteiger partial charge in [-0.05, 0) is 11.1 Å². The molecule has 1 aromatic carbocycles. The zero-order valence-electron chi connectivity index (χ0n) is 8.96. The highest BCUT2D eigenvalue weighted by Gasteiger charge is 2.29. The molecule has 0 fully saturated rings. The zero-order valence-corrected chi connectivity index (χ0v) is 8.96. The summed E-state index contributed by atoms with van der Waals surface area (Å²) in [4.78, 5) is 4.44. The average Bonchev–Trinajstić information content (AvgIpc) is 2.28. The van der Waals surface area contributed by atoms with Gasteiger partial charge in [0.15, 0.2) is 6.61 Å². The third kappa shape index (κ3) is 3.42. The van der Waals surface area contributed by atoms with E-state index in [2.05, 4.69) is 10.3 Å². The van der Waals surface area contributed by atoms with Crippen molar-refractivity contribution in [1.82, 2.24) is 5.48 Å². The Kier molecular flexibility index (Phi) is 3.66. The molecule has 1 atom stereocenters. The van der Waals surface area contributed by atoms with Crippen LogP contribution in [0.3, 0.4) is 0 Å². The maximum Gasteiger partial charge on any atom is 0.413 e. The van der Waals surface area contributed by atoms with E-state index in [0.29, 0.717) is 13.2 Å². The number of benzene rings is 1. The van der Waals surface area contributed by atoms with Crippen molar-refractivity contribution < 1.29 is 22.7 Å². The number of ether oxygens (including phenoxy) is 1. The predicted octanol–water partition coefficient (Wildman–Crippen LogP) is 2.34. The summed E-state index contributed by atoms with van der Waals surface area (Å²) in [5.41, 5.74) is 4.27. The van der Waals surface area contributed by atoms with E-state index < -0.39 is 12.8 Å². The van der Waals surface area contributed by atoms with Gasteiger partial charge < -0.3 is 4.74 Å². The molecule has 2 rings (SSSR count). The molecule has 0 radical (unpaired) electrons. The molecular formula is C11H12F3NO2. The van der Waals surface area contributed by atoms with Crippen molar-refractivity contribution in [2.75, 3.05) is 13.2 Å². The maximum absolute atomic E-state index is 11.9. The van der Waals surface area contributed by atoms with Crippen molar-refractivity contribution in [1.29, 1.82) is 0 Å². The summed E-state index contributed by atoms with van der Waals surface area (Å²) in [6, 6.07) is 7.07. The molecule has 0 spiro atoms. The Labute approximate surface area is 96.5 Å². The molecular weight excluding hydrogens is 235 g/mol. The monoisotopic (exact) mass is 247 g/mol. The molecule has 1 aliphatic heterocycles. The molecule has 1 N–H and O–H groups in total. The molecule has 0 amide bonds. The summed E-state index contributed by atoms with van der Waals surface area (Å²) in [5, 5.41) is 0. The SMILES string of the molecule is FC(F)(F)CONC1COCc2ccccc21. The lowest BCUT2D eigenvalue weighted by Crippen LogP contribution is -2.33.